The van der Waals surface area contributed by atoms with E-state index in [1.54, 1.807) is 37.1 Å². The molecule has 1 aromatic carbocycles. The summed E-state index contributed by atoms with van der Waals surface area (Å²) in [7, 11) is 3.14. The standard InChI is InChI=1S/C34H49N3O6/c1-21(2)24(6)33(40)37(8)30(22(3)4)20-31(43-25(7)38)28-16-13-17-29(36-28)32(39)35-27(18-23(5)34(41)42-9)19-26-14-11-10-12-15-26/h10-17,21-24,27,30-31H,18-20H2,1-9H3,(H,35,39)/t23-,24-,27+,30+,31+/m0/s1. The zero-order valence-electron chi connectivity index (χ0n) is 27.1. The molecule has 0 saturated carbocycles. The number of hydrogen-bond acceptors (Lipinski definition) is 7. The zero-order chi connectivity index (χ0) is 32.3. The van der Waals surface area contributed by atoms with E-state index in [4.69, 9.17) is 9.47 Å². The van der Waals surface area contributed by atoms with Crippen molar-refractivity contribution in [3.63, 3.8) is 0 Å². The molecule has 0 radical (unpaired) electrons. The van der Waals surface area contributed by atoms with E-state index in [0.717, 1.165) is 5.56 Å². The lowest BCUT2D eigenvalue weighted by atomic mass is 9.91. The van der Waals surface area contributed by atoms with Gasteiger partial charge >= 0.3 is 11.9 Å². The molecule has 2 rings (SSSR count). The number of hydrogen-bond donors (Lipinski definition) is 1. The molecule has 2 aromatic rings. The fraction of sp³-hybridized carbons (Fsp3) is 0.559. The Bertz CT molecular complexity index is 1220. The predicted molar refractivity (Wildman–Crippen MR) is 166 cm³/mol. The van der Waals surface area contributed by atoms with E-state index in [1.807, 2.05) is 65.0 Å². The van der Waals surface area contributed by atoms with Crippen molar-refractivity contribution in [1.82, 2.24) is 15.2 Å². The van der Waals surface area contributed by atoms with E-state index in [9.17, 15) is 19.2 Å². The monoisotopic (exact) mass is 595 g/mol. The zero-order valence-corrected chi connectivity index (χ0v) is 27.1. The molecule has 236 valence electrons. The van der Waals surface area contributed by atoms with E-state index < -0.39 is 23.9 Å². The molecule has 0 aliphatic carbocycles. The summed E-state index contributed by atoms with van der Waals surface area (Å²) in [6, 6.07) is 14.2. The Labute approximate surface area is 256 Å². The fourth-order valence-corrected chi connectivity index (χ4v) is 5.13. The number of benzene rings is 1. The SMILES string of the molecule is COC(=O)[C@@H](C)C[C@H](Cc1ccccc1)NC(=O)c1cccc([C@@H](C[C@H](C(C)C)N(C)C(=O)[C@@H](C)C(C)C)OC(C)=O)n1. The molecule has 0 fully saturated rings. The van der Waals surface area contributed by atoms with Crippen molar-refractivity contribution in [2.75, 3.05) is 14.2 Å². The third-order valence-electron chi connectivity index (χ3n) is 8.00. The summed E-state index contributed by atoms with van der Waals surface area (Å²) in [5, 5.41) is 3.04. The van der Waals surface area contributed by atoms with E-state index in [-0.39, 0.29) is 47.4 Å². The van der Waals surface area contributed by atoms with Crippen molar-refractivity contribution in [1.29, 1.82) is 0 Å². The van der Waals surface area contributed by atoms with E-state index in [1.165, 1.54) is 14.0 Å². The minimum absolute atomic E-state index is 0.0296. The first kappa shape index (κ1) is 35.4. The summed E-state index contributed by atoms with van der Waals surface area (Å²) < 4.78 is 10.6. The number of nitrogens with one attached hydrogen (secondary N) is 1. The number of aromatic nitrogens is 1. The molecule has 2 amide bonds. The number of carbonyl (C=O) groups is 4. The third-order valence-corrected chi connectivity index (χ3v) is 8.00. The molecule has 1 N–H and O–H groups in total. The maximum Gasteiger partial charge on any atom is 0.308 e. The summed E-state index contributed by atoms with van der Waals surface area (Å²) in [6.07, 6.45) is 0.473. The van der Waals surface area contributed by atoms with Crippen LogP contribution < -0.4 is 5.32 Å². The summed E-state index contributed by atoms with van der Waals surface area (Å²) in [4.78, 5) is 57.3. The van der Waals surface area contributed by atoms with Gasteiger partial charge in [0.2, 0.25) is 5.91 Å². The Hall–Kier alpha value is -3.75. The third kappa shape index (κ3) is 10.8. The molecule has 0 spiro atoms. The Morgan fingerprint density at radius 2 is 1.53 bits per heavy atom. The highest BCUT2D eigenvalue weighted by molar-refractivity contribution is 5.92. The van der Waals surface area contributed by atoms with Crippen molar-refractivity contribution < 1.29 is 28.7 Å². The molecule has 0 bridgehead atoms. The molecule has 43 heavy (non-hydrogen) atoms. The molecule has 9 nitrogen and oxygen atoms in total. The van der Waals surface area contributed by atoms with Crippen LogP contribution in [-0.2, 0) is 30.3 Å². The highest BCUT2D eigenvalue weighted by Gasteiger charge is 2.32. The first-order chi connectivity index (χ1) is 20.2. The van der Waals surface area contributed by atoms with Crippen LogP contribution in [0.5, 0.6) is 0 Å². The Balaban J connectivity index is 2.34. The molecule has 0 aliphatic heterocycles. The molecule has 5 atom stereocenters. The predicted octanol–water partition coefficient (Wildman–Crippen LogP) is 5.39. The second-order valence-electron chi connectivity index (χ2n) is 12.1. The van der Waals surface area contributed by atoms with Gasteiger partial charge in [0, 0.05) is 38.4 Å². The van der Waals surface area contributed by atoms with Crippen molar-refractivity contribution in [2.24, 2.45) is 23.7 Å². The maximum atomic E-state index is 13.5. The molecule has 0 saturated heterocycles. The van der Waals surface area contributed by atoms with Gasteiger partial charge in [0.05, 0.1) is 18.7 Å². The van der Waals surface area contributed by atoms with E-state index in [0.29, 0.717) is 25.0 Å². The molecular formula is C34H49N3O6. The van der Waals surface area contributed by atoms with Gasteiger partial charge in [-0.05, 0) is 42.4 Å². The fourth-order valence-electron chi connectivity index (χ4n) is 5.13. The Morgan fingerprint density at radius 1 is 0.884 bits per heavy atom. The second-order valence-corrected chi connectivity index (χ2v) is 12.1. The first-order valence-corrected chi connectivity index (χ1v) is 15.1. The number of esters is 2. The lowest BCUT2D eigenvalue weighted by Gasteiger charge is -2.36. The van der Waals surface area contributed by atoms with Crippen LogP contribution in [0.15, 0.2) is 48.5 Å². The van der Waals surface area contributed by atoms with Gasteiger partial charge < -0.3 is 19.7 Å². The van der Waals surface area contributed by atoms with Gasteiger partial charge in [-0.1, -0.05) is 77.9 Å². The van der Waals surface area contributed by atoms with Crippen LogP contribution in [-0.4, -0.2) is 59.9 Å². The average molecular weight is 596 g/mol. The summed E-state index contributed by atoms with van der Waals surface area (Å²) in [6.45, 7) is 13.1. The normalized spacial score (nSPS) is 14.8. The quantitative estimate of drug-likeness (QED) is 0.275. The largest absolute Gasteiger partial charge is 0.469 e. The molecule has 1 heterocycles. The minimum atomic E-state index is -0.762. The van der Waals surface area contributed by atoms with Crippen LogP contribution in [0.1, 0.15) is 89.2 Å². The van der Waals surface area contributed by atoms with Crippen LogP contribution in [0.2, 0.25) is 0 Å². The summed E-state index contributed by atoms with van der Waals surface area (Å²) >= 11 is 0. The number of methoxy groups -OCH3 is 1. The van der Waals surface area contributed by atoms with Crippen molar-refractivity contribution in [3.05, 3.63) is 65.5 Å². The molecule has 1 aromatic heterocycles. The van der Waals surface area contributed by atoms with Gasteiger partial charge in [-0.25, -0.2) is 4.98 Å². The van der Waals surface area contributed by atoms with Crippen LogP contribution in [0.3, 0.4) is 0 Å². The number of amides is 2. The number of carbonyl (C=O) groups excluding carboxylic acids is 4. The lowest BCUT2D eigenvalue weighted by Crippen LogP contribution is -2.45. The van der Waals surface area contributed by atoms with Crippen molar-refractivity contribution in [2.45, 2.75) is 85.9 Å². The first-order valence-electron chi connectivity index (χ1n) is 15.1. The van der Waals surface area contributed by atoms with Crippen LogP contribution in [0, 0.1) is 23.7 Å². The van der Waals surface area contributed by atoms with Crippen LogP contribution in [0.4, 0.5) is 0 Å². The lowest BCUT2D eigenvalue weighted by molar-refractivity contribution is -0.149. The van der Waals surface area contributed by atoms with Gasteiger partial charge in [-0.2, -0.15) is 0 Å². The maximum absolute atomic E-state index is 13.5. The Kier molecular flexibility index (Phi) is 13.8. The number of ether oxygens (including phenoxy) is 2. The summed E-state index contributed by atoms with van der Waals surface area (Å²) in [5.74, 6) is -1.51. The van der Waals surface area contributed by atoms with Crippen LogP contribution >= 0.6 is 0 Å². The highest BCUT2D eigenvalue weighted by Crippen LogP contribution is 2.29. The topological polar surface area (TPSA) is 115 Å². The average Bonchev–Trinajstić information content (AvgIpc) is 2.97. The molecular weight excluding hydrogens is 546 g/mol. The number of rotatable bonds is 15. The second kappa shape index (κ2) is 16.8. The molecule has 0 aliphatic rings. The molecule has 9 heteroatoms. The number of nitrogens with zero attached hydrogens (tertiary/aromatic N) is 2. The van der Waals surface area contributed by atoms with Crippen LogP contribution in [0.25, 0.3) is 0 Å². The van der Waals surface area contributed by atoms with Gasteiger partial charge in [0.15, 0.2) is 0 Å². The Morgan fingerprint density at radius 3 is 2.09 bits per heavy atom. The minimum Gasteiger partial charge on any atom is -0.469 e. The van der Waals surface area contributed by atoms with Crippen molar-refractivity contribution >= 4 is 23.8 Å². The van der Waals surface area contributed by atoms with Gasteiger partial charge in [0.25, 0.3) is 5.91 Å². The highest BCUT2D eigenvalue weighted by atomic mass is 16.5. The van der Waals surface area contributed by atoms with E-state index in [2.05, 4.69) is 10.3 Å². The number of pyridine rings is 1. The van der Waals surface area contributed by atoms with E-state index >= 15 is 0 Å². The van der Waals surface area contributed by atoms with Gasteiger partial charge in [-0.3, -0.25) is 19.2 Å². The molecule has 0 unspecified atom stereocenters. The smallest absolute Gasteiger partial charge is 0.308 e. The van der Waals surface area contributed by atoms with Crippen molar-refractivity contribution in [3.8, 4) is 0 Å². The van der Waals surface area contributed by atoms with Gasteiger partial charge in [0.1, 0.15) is 11.8 Å². The van der Waals surface area contributed by atoms with Gasteiger partial charge in [-0.15, -0.1) is 0 Å². The summed E-state index contributed by atoms with van der Waals surface area (Å²) in [5.41, 5.74) is 1.61.